The van der Waals surface area contributed by atoms with Crippen LogP contribution in [0.2, 0.25) is 0 Å². The highest BCUT2D eigenvalue weighted by molar-refractivity contribution is 9.10. The smallest absolute Gasteiger partial charge is 0.338 e. The van der Waals surface area contributed by atoms with Crippen molar-refractivity contribution in [2.24, 2.45) is 5.73 Å². The zero-order chi connectivity index (χ0) is 15.8. The third-order valence-corrected chi connectivity index (χ3v) is 3.60. The number of ether oxygens (including phenoxy) is 1. The molecule has 0 bridgehead atoms. The zero-order valence-electron chi connectivity index (χ0n) is 12.3. The highest BCUT2D eigenvalue weighted by Gasteiger charge is 2.15. The molecule has 0 saturated carbocycles. The standard InChI is InChI=1S/C15H21BrN2O3/c1-3-5-6-12(17)14(19)18-13-8-7-10(9-11(13)16)15(20)21-4-2/h7-9,12H,3-6,17H2,1-2H3,(H,18,19). The van der Waals surface area contributed by atoms with E-state index >= 15 is 0 Å². The number of carbonyl (C=O) groups is 2. The Bertz CT molecular complexity index is 506. The van der Waals surface area contributed by atoms with Crippen LogP contribution in [0.1, 0.15) is 43.5 Å². The van der Waals surface area contributed by atoms with Crippen molar-refractivity contribution in [1.29, 1.82) is 0 Å². The summed E-state index contributed by atoms with van der Waals surface area (Å²) in [5, 5.41) is 2.75. The number of carbonyl (C=O) groups excluding carboxylic acids is 2. The molecule has 0 radical (unpaired) electrons. The van der Waals surface area contributed by atoms with Gasteiger partial charge < -0.3 is 15.8 Å². The van der Waals surface area contributed by atoms with Crippen LogP contribution in [0.4, 0.5) is 5.69 Å². The van der Waals surface area contributed by atoms with E-state index in [9.17, 15) is 9.59 Å². The number of esters is 1. The maximum absolute atomic E-state index is 11.9. The summed E-state index contributed by atoms with van der Waals surface area (Å²) < 4.78 is 5.53. The van der Waals surface area contributed by atoms with E-state index in [2.05, 4.69) is 28.2 Å². The third-order valence-electron chi connectivity index (χ3n) is 2.94. The molecule has 1 unspecified atom stereocenters. The van der Waals surface area contributed by atoms with Crippen LogP contribution in [-0.2, 0) is 9.53 Å². The number of unbranched alkanes of at least 4 members (excludes halogenated alkanes) is 1. The van der Waals surface area contributed by atoms with Gasteiger partial charge in [0.1, 0.15) is 0 Å². The first-order valence-electron chi connectivity index (χ1n) is 7.02. The second kappa shape index (κ2) is 8.79. The van der Waals surface area contributed by atoms with Gasteiger partial charge in [0, 0.05) is 4.47 Å². The van der Waals surface area contributed by atoms with Crippen molar-refractivity contribution in [3.05, 3.63) is 28.2 Å². The second-order valence-electron chi connectivity index (χ2n) is 4.65. The minimum absolute atomic E-state index is 0.229. The molecular formula is C15H21BrN2O3. The van der Waals surface area contributed by atoms with Crippen molar-refractivity contribution >= 4 is 33.5 Å². The summed E-state index contributed by atoms with van der Waals surface area (Å²) in [5.41, 5.74) is 6.83. The minimum atomic E-state index is -0.526. The molecule has 1 atom stereocenters. The fraction of sp³-hybridized carbons (Fsp3) is 0.467. The lowest BCUT2D eigenvalue weighted by molar-refractivity contribution is -0.117. The van der Waals surface area contributed by atoms with E-state index in [-0.39, 0.29) is 5.91 Å². The van der Waals surface area contributed by atoms with Crippen molar-refractivity contribution in [2.45, 2.75) is 39.2 Å². The maximum atomic E-state index is 11.9. The Kier molecular flexibility index (Phi) is 7.39. The average Bonchev–Trinajstić information content (AvgIpc) is 2.46. The molecule has 116 valence electrons. The quantitative estimate of drug-likeness (QED) is 0.735. The van der Waals surface area contributed by atoms with Crippen LogP contribution in [0.3, 0.4) is 0 Å². The van der Waals surface area contributed by atoms with Crippen molar-refractivity contribution in [3.8, 4) is 0 Å². The lowest BCUT2D eigenvalue weighted by Crippen LogP contribution is -2.35. The highest BCUT2D eigenvalue weighted by atomic mass is 79.9. The fourth-order valence-electron chi connectivity index (χ4n) is 1.74. The normalized spacial score (nSPS) is 11.8. The average molecular weight is 357 g/mol. The van der Waals surface area contributed by atoms with E-state index in [1.54, 1.807) is 25.1 Å². The van der Waals surface area contributed by atoms with E-state index < -0.39 is 12.0 Å². The SMILES string of the molecule is CCCCC(N)C(=O)Nc1ccc(C(=O)OCC)cc1Br. The van der Waals surface area contributed by atoms with Crippen LogP contribution in [0, 0.1) is 0 Å². The number of nitrogens with one attached hydrogen (secondary N) is 1. The van der Waals surface area contributed by atoms with E-state index in [0.717, 1.165) is 12.8 Å². The predicted octanol–water partition coefficient (Wildman–Crippen LogP) is 3.08. The van der Waals surface area contributed by atoms with Crippen LogP contribution in [0.25, 0.3) is 0 Å². The summed E-state index contributed by atoms with van der Waals surface area (Å²) in [5.74, 6) is -0.622. The summed E-state index contributed by atoms with van der Waals surface area (Å²) in [7, 11) is 0. The molecule has 0 fully saturated rings. The van der Waals surface area contributed by atoms with Crippen molar-refractivity contribution < 1.29 is 14.3 Å². The summed E-state index contributed by atoms with van der Waals surface area (Å²) in [4.78, 5) is 23.5. The number of hydrogen-bond donors (Lipinski definition) is 2. The Hall–Kier alpha value is -1.40. The Labute approximate surface area is 133 Å². The largest absolute Gasteiger partial charge is 0.462 e. The fourth-order valence-corrected chi connectivity index (χ4v) is 2.22. The molecule has 1 rings (SSSR count). The van der Waals surface area contributed by atoms with Gasteiger partial charge in [0.2, 0.25) is 5.91 Å². The van der Waals surface area contributed by atoms with Gasteiger partial charge in [0.15, 0.2) is 0 Å². The molecule has 21 heavy (non-hydrogen) atoms. The Balaban J connectivity index is 2.72. The molecule has 1 aromatic carbocycles. The molecule has 0 heterocycles. The van der Waals surface area contributed by atoms with Crippen LogP contribution >= 0.6 is 15.9 Å². The number of benzene rings is 1. The second-order valence-corrected chi connectivity index (χ2v) is 5.51. The topological polar surface area (TPSA) is 81.4 Å². The molecule has 3 N–H and O–H groups in total. The molecular weight excluding hydrogens is 336 g/mol. The minimum Gasteiger partial charge on any atom is -0.462 e. The molecule has 0 aliphatic carbocycles. The monoisotopic (exact) mass is 356 g/mol. The van der Waals surface area contributed by atoms with Crippen LogP contribution in [0.5, 0.6) is 0 Å². The van der Waals surface area contributed by atoms with Crippen LogP contribution in [-0.4, -0.2) is 24.5 Å². The Morgan fingerprint density at radius 2 is 2.10 bits per heavy atom. The lowest BCUT2D eigenvalue weighted by atomic mass is 10.1. The highest BCUT2D eigenvalue weighted by Crippen LogP contribution is 2.24. The molecule has 0 aromatic heterocycles. The van der Waals surface area contributed by atoms with Gasteiger partial charge in [-0.25, -0.2) is 4.79 Å². The lowest BCUT2D eigenvalue weighted by Gasteiger charge is -2.13. The molecule has 0 aliphatic heterocycles. The Morgan fingerprint density at radius 3 is 2.67 bits per heavy atom. The first-order chi connectivity index (χ1) is 9.99. The van der Waals surface area contributed by atoms with Gasteiger partial charge >= 0.3 is 5.97 Å². The molecule has 0 saturated heterocycles. The number of halogens is 1. The first kappa shape index (κ1) is 17.7. The van der Waals surface area contributed by atoms with Crippen LogP contribution in [0.15, 0.2) is 22.7 Å². The molecule has 6 heteroatoms. The summed E-state index contributed by atoms with van der Waals surface area (Å²) in [6.07, 6.45) is 2.57. The summed E-state index contributed by atoms with van der Waals surface area (Å²) in [6, 6.07) is 4.35. The van der Waals surface area contributed by atoms with E-state index in [1.807, 2.05) is 0 Å². The number of rotatable bonds is 7. The summed E-state index contributed by atoms with van der Waals surface area (Å²) >= 11 is 3.33. The summed E-state index contributed by atoms with van der Waals surface area (Å²) in [6.45, 7) is 4.12. The van der Waals surface area contributed by atoms with Gasteiger partial charge in [-0.15, -0.1) is 0 Å². The molecule has 1 amide bonds. The molecule has 5 nitrogen and oxygen atoms in total. The molecule has 0 spiro atoms. The van der Waals surface area contributed by atoms with Crippen molar-refractivity contribution in [2.75, 3.05) is 11.9 Å². The first-order valence-corrected chi connectivity index (χ1v) is 7.82. The van der Waals surface area contributed by atoms with Crippen molar-refractivity contribution in [3.63, 3.8) is 0 Å². The maximum Gasteiger partial charge on any atom is 0.338 e. The predicted molar refractivity (Wildman–Crippen MR) is 86.2 cm³/mol. The zero-order valence-corrected chi connectivity index (χ0v) is 13.9. The molecule has 1 aromatic rings. The van der Waals surface area contributed by atoms with Gasteiger partial charge in [-0.1, -0.05) is 19.8 Å². The van der Waals surface area contributed by atoms with Crippen LogP contribution < -0.4 is 11.1 Å². The third kappa shape index (κ3) is 5.47. The van der Waals surface area contributed by atoms with Gasteiger partial charge in [0.05, 0.1) is 23.9 Å². The molecule has 0 aliphatic rings. The number of hydrogen-bond acceptors (Lipinski definition) is 4. The van der Waals surface area contributed by atoms with Gasteiger partial charge in [-0.3, -0.25) is 4.79 Å². The van der Waals surface area contributed by atoms with E-state index in [0.29, 0.717) is 28.8 Å². The van der Waals surface area contributed by atoms with Crippen molar-refractivity contribution in [1.82, 2.24) is 0 Å². The van der Waals surface area contributed by atoms with Gasteiger partial charge in [0.25, 0.3) is 0 Å². The van der Waals surface area contributed by atoms with E-state index in [1.165, 1.54) is 0 Å². The van der Waals surface area contributed by atoms with E-state index in [4.69, 9.17) is 10.5 Å². The number of nitrogens with two attached hydrogens (primary N) is 1. The Morgan fingerprint density at radius 1 is 1.38 bits per heavy atom. The number of amides is 1. The van der Waals surface area contributed by atoms with Gasteiger partial charge in [-0.2, -0.15) is 0 Å². The number of anilines is 1. The van der Waals surface area contributed by atoms with Gasteiger partial charge in [-0.05, 0) is 47.5 Å².